The minimum atomic E-state index is -4.73. The van der Waals surface area contributed by atoms with E-state index in [1.807, 2.05) is 0 Å². The van der Waals surface area contributed by atoms with Gasteiger partial charge in [0, 0.05) is 24.0 Å². The van der Waals surface area contributed by atoms with E-state index in [1.165, 1.54) is 20.8 Å². The number of nitrogens with one attached hydrogen (secondary N) is 2. The van der Waals surface area contributed by atoms with Crippen LogP contribution in [0.2, 0.25) is 0 Å². The number of esters is 1. The van der Waals surface area contributed by atoms with Crippen molar-refractivity contribution in [2.75, 3.05) is 5.32 Å². The molecule has 7 nitrogen and oxygen atoms in total. The Morgan fingerprint density at radius 1 is 0.884 bits per heavy atom. The van der Waals surface area contributed by atoms with Gasteiger partial charge in [-0.3, -0.25) is 14.4 Å². The van der Waals surface area contributed by atoms with Gasteiger partial charge in [-0.1, -0.05) is 48.5 Å². The number of benzene rings is 2. The number of fused-ring (bicyclic) bond motifs is 1. The minimum absolute atomic E-state index is 0.306. The largest absolute Gasteiger partial charge is 0.460 e. The van der Waals surface area contributed by atoms with E-state index in [1.54, 1.807) is 54.6 Å². The second-order valence-electron chi connectivity index (χ2n) is 11.2. The highest BCUT2D eigenvalue weighted by atomic mass is 19.4. The average molecular weight is 614 g/mol. The van der Waals surface area contributed by atoms with Crippen LogP contribution in [0, 0.1) is 11.8 Å². The molecule has 2 N–H and O–H groups in total. The summed E-state index contributed by atoms with van der Waals surface area (Å²) in [5.74, 6) is -6.46. The zero-order chi connectivity index (χ0) is 32.0. The number of halogens is 6. The van der Waals surface area contributed by atoms with Crippen molar-refractivity contribution in [2.45, 2.75) is 77.0 Å². The fourth-order valence-electron chi connectivity index (χ4n) is 4.64. The summed E-state index contributed by atoms with van der Waals surface area (Å²) in [6, 6.07) is 15.3. The zero-order valence-corrected chi connectivity index (χ0v) is 23.8. The van der Waals surface area contributed by atoms with Gasteiger partial charge in [0.1, 0.15) is 5.60 Å². The first kappa shape index (κ1) is 33.6. The molecule has 43 heavy (non-hydrogen) atoms. The van der Waals surface area contributed by atoms with Gasteiger partial charge < -0.3 is 15.4 Å². The van der Waals surface area contributed by atoms with Crippen LogP contribution in [0.4, 0.5) is 32.0 Å². The lowest BCUT2D eigenvalue weighted by Crippen LogP contribution is -2.48. The lowest BCUT2D eigenvalue weighted by atomic mass is 9.83. The maximum atomic E-state index is 13.6. The number of alkyl halides is 6. The first-order chi connectivity index (χ1) is 19.9. The molecule has 234 valence electrons. The molecule has 0 bridgehead atoms. The van der Waals surface area contributed by atoms with Gasteiger partial charge in [-0.25, -0.2) is 4.99 Å². The normalized spacial score (nSPS) is 17.1. The van der Waals surface area contributed by atoms with E-state index in [0.717, 1.165) is 0 Å². The molecule has 0 radical (unpaired) electrons. The second kappa shape index (κ2) is 13.6. The van der Waals surface area contributed by atoms with Crippen molar-refractivity contribution >= 4 is 29.2 Å². The van der Waals surface area contributed by atoms with E-state index < -0.39 is 85.8 Å². The fraction of sp³-hybridized carbons (Fsp3) is 0.467. The van der Waals surface area contributed by atoms with E-state index in [9.17, 15) is 40.7 Å². The molecule has 0 aliphatic carbocycles. The van der Waals surface area contributed by atoms with Gasteiger partial charge in [0.2, 0.25) is 12.1 Å². The molecule has 3 rings (SSSR count). The van der Waals surface area contributed by atoms with Crippen LogP contribution in [0.25, 0.3) is 0 Å². The summed E-state index contributed by atoms with van der Waals surface area (Å²) in [7, 11) is 0. The third-order valence-corrected chi connectivity index (χ3v) is 6.52. The molecule has 2 aromatic rings. The Kier molecular flexibility index (Phi) is 10.6. The Bertz CT molecular complexity index is 1320. The number of aliphatic imine (C=N–C) groups is 1. The van der Waals surface area contributed by atoms with Gasteiger partial charge in [-0.15, -0.1) is 0 Å². The average Bonchev–Trinajstić information content (AvgIpc) is 3.02. The first-order valence-electron chi connectivity index (χ1n) is 13.6. The van der Waals surface area contributed by atoms with Gasteiger partial charge in [0.25, 0.3) is 5.91 Å². The number of nitrogens with zero attached hydrogens (tertiary/aromatic N) is 1. The van der Waals surface area contributed by atoms with Gasteiger partial charge in [-0.05, 0) is 46.1 Å². The Balaban J connectivity index is 2.00. The first-order valence-corrected chi connectivity index (χ1v) is 13.6. The molecule has 3 atom stereocenters. The summed E-state index contributed by atoms with van der Waals surface area (Å²) in [6.07, 6.45) is -15.9. The van der Waals surface area contributed by atoms with E-state index in [0.29, 0.717) is 22.5 Å². The number of benzodiazepines with no additional fused rings is 1. The molecule has 0 fully saturated rings. The fourth-order valence-corrected chi connectivity index (χ4v) is 4.64. The summed E-state index contributed by atoms with van der Waals surface area (Å²) < 4.78 is 84.0. The van der Waals surface area contributed by atoms with E-state index >= 15 is 0 Å². The number of amides is 2. The summed E-state index contributed by atoms with van der Waals surface area (Å²) in [6.45, 7) is 4.45. The molecular weight excluding hydrogens is 580 g/mol. The monoisotopic (exact) mass is 613 g/mol. The molecule has 0 aromatic heterocycles. The third-order valence-electron chi connectivity index (χ3n) is 6.52. The summed E-state index contributed by atoms with van der Waals surface area (Å²) in [5, 5.41) is 4.99. The lowest BCUT2D eigenvalue weighted by molar-refractivity contribution is -0.168. The SMILES string of the molecule is CC(C)(C)OC(=O)C(CCCC(F)(F)F)C(CCC(F)(F)F)C(=O)NC1N=C(c2ccccc2)c2ccccc2NC1=O. The highest BCUT2D eigenvalue weighted by Gasteiger charge is 2.41. The number of hydrogen-bond acceptors (Lipinski definition) is 5. The predicted molar refractivity (Wildman–Crippen MR) is 147 cm³/mol. The summed E-state index contributed by atoms with van der Waals surface area (Å²) >= 11 is 0. The van der Waals surface area contributed by atoms with Gasteiger partial charge in [-0.2, -0.15) is 26.3 Å². The highest BCUT2D eigenvalue weighted by molar-refractivity contribution is 6.19. The number of hydrogen-bond donors (Lipinski definition) is 2. The number of rotatable bonds is 10. The molecule has 1 aliphatic heterocycles. The number of ether oxygens (including phenoxy) is 1. The molecule has 0 saturated heterocycles. The topological polar surface area (TPSA) is 96.9 Å². The minimum Gasteiger partial charge on any atom is -0.460 e. The quantitative estimate of drug-likeness (QED) is 0.234. The molecule has 2 amide bonds. The number of anilines is 1. The molecule has 1 heterocycles. The smallest absolute Gasteiger partial charge is 0.389 e. The standard InChI is InChI=1S/C30H33F6N3O4/c1-28(2,3)43-27(42)20(13-9-16-29(31,32)33)19(15-17-30(34,35)36)25(40)39-24-26(41)37-22-14-8-7-12-21(22)23(38-24)18-10-5-4-6-11-18/h4-8,10-12,14,19-20,24H,9,13,15-17H2,1-3H3,(H,37,41)(H,39,40). The Hall–Kier alpha value is -3.90. The Labute approximate surface area is 245 Å². The molecule has 2 aromatic carbocycles. The lowest BCUT2D eigenvalue weighted by Gasteiger charge is -2.29. The third kappa shape index (κ3) is 10.4. The molecule has 3 unspecified atom stereocenters. The summed E-state index contributed by atoms with van der Waals surface area (Å²) in [5.41, 5.74) is 0.649. The maximum absolute atomic E-state index is 13.6. The Morgan fingerprint density at radius 2 is 1.49 bits per heavy atom. The van der Waals surface area contributed by atoms with Crippen LogP contribution in [0.15, 0.2) is 59.6 Å². The van der Waals surface area contributed by atoms with Gasteiger partial charge in [0.15, 0.2) is 0 Å². The van der Waals surface area contributed by atoms with Crippen LogP contribution in [0.1, 0.15) is 64.0 Å². The van der Waals surface area contributed by atoms with Gasteiger partial charge >= 0.3 is 18.3 Å². The van der Waals surface area contributed by atoms with Gasteiger partial charge in [0.05, 0.1) is 23.2 Å². The Morgan fingerprint density at radius 3 is 2.09 bits per heavy atom. The van der Waals surface area contributed by atoms with Crippen LogP contribution in [0.3, 0.4) is 0 Å². The van der Waals surface area contributed by atoms with Crippen molar-refractivity contribution < 1.29 is 45.5 Å². The zero-order valence-electron chi connectivity index (χ0n) is 23.8. The molecular formula is C30H33F6N3O4. The maximum Gasteiger partial charge on any atom is 0.389 e. The number of para-hydroxylation sites is 1. The predicted octanol–water partition coefficient (Wildman–Crippen LogP) is 6.57. The van der Waals surface area contributed by atoms with Crippen molar-refractivity contribution in [1.29, 1.82) is 0 Å². The van der Waals surface area contributed by atoms with Crippen molar-refractivity contribution in [3.05, 3.63) is 65.7 Å². The number of carbonyl (C=O) groups excluding carboxylic acids is 3. The van der Waals surface area contributed by atoms with E-state index in [-0.39, 0.29) is 0 Å². The highest BCUT2D eigenvalue weighted by Crippen LogP contribution is 2.33. The van der Waals surface area contributed by atoms with Crippen LogP contribution in [-0.2, 0) is 19.1 Å². The summed E-state index contributed by atoms with van der Waals surface area (Å²) in [4.78, 5) is 44.3. The van der Waals surface area contributed by atoms with Crippen molar-refractivity contribution in [2.24, 2.45) is 16.8 Å². The van der Waals surface area contributed by atoms with Crippen LogP contribution in [0.5, 0.6) is 0 Å². The van der Waals surface area contributed by atoms with Crippen LogP contribution >= 0.6 is 0 Å². The molecule has 1 aliphatic rings. The number of carbonyl (C=O) groups is 3. The molecule has 13 heteroatoms. The van der Waals surface area contributed by atoms with E-state index in [2.05, 4.69) is 15.6 Å². The van der Waals surface area contributed by atoms with Crippen LogP contribution in [-0.4, -0.2) is 47.6 Å². The molecule has 0 saturated carbocycles. The van der Waals surface area contributed by atoms with Crippen molar-refractivity contribution in [3.63, 3.8) is 0 Å². The van der Waals surface area contributed by atoms with Crippen molar-refractivity contribution in [3.8, 4) is 0 Å². The molecule has 0 spiro atoms. The second-order valence-corrected chi connectivity index (χ2v) is 11.2. The van der Waals surface area contributed by atoms with Crippen molar-refractivity contribution in [1.82, 2.24) is 5.32 Å². The van der Waals surface area contributed by atoms with Crippen LogP contribution < -0.4 is 10.6 Å². The van der Waals surface area contributed by atoms with E-state index in [4.69, 9.17) is 4.74 Å².